The number of allylic oxidation sites excluding steroid dienone is 1. The van der Waals surface area contributed by atoms with Crippen LogP contribution in [0.5, 0.6) is 5.75 Å². The second kappa shape index (κ2) is 11.2. The number of fused-ring (bicyclic) bond motifs is 1. The van der Waals surface area contributed by atoms with Crippen molar-refractivity contribution in [2.45, 2.75) is 50.8 Å². The molecule has 2 aromatic heterocycles. The van der Waals surface area contributed by atoms with Gasteiger partial charge in [0.25, 0.3) is 0 Å². The molecule has 0 aliphatic carbocycles. The summed E-state index contributed by atoms with van der Waals surface area (Å²) in [6.45, 7) is 6.34. The number of nitrogens with zero attached hydrogens (tertiary/aromatic N) is 4. The third kappa shape index (κ3) is 5.94. The summed E-state index contributed by atoms with van der Waals surface area (Å²) in [7, 11) is 0. The Bertz CT molecular complexity index is 1290. The number of imidazole rings is 1. The normalized spacial score (nSPS) is 18.8. The van der Waals surface area contributed by atoms with Crippen LogP contribution in [0, 0.1) is 5.92 Å². The fourth-order valence-electron chi connectivity index (χ4n) is 5.22. The molecule has 5 rings (SSSR count). The number of hydrogen-bond donors (Lipinski definition) is 0. The monoisotopic (exact) mass is 550 g/mol. The number of halogens is 5. The van der Waals surface area contributed by atoms with Crippen LogP contribution in [0.2, 0.25) is 0 Å². The van der Waals surface area contributed by atoms with Crippen molar-refractivity contribution in [1.29, 1.82) is 0 Å². The van der Waals surface area contributed by atoms with Gasteiger partial charge in [-0.1, -0.05) is 12.2 Å². The maximum Gasteiger partial charge on any atom is 0.461 e. The molecular weight excluding hydrogens is 519 g/mol. The molecule has 3 aromatic rings. The molecule has 6 nitrogen and oxygen atoms in total. The molecule has 0 saturated carbocycles. The van der Waals surface area contributed by atoms with Gasteiger partial charge in [0.1, 0.15) is 17.4 Å². The second-order valence-corrected chi connectivity index (χ2v) is 10.1. The zero-order valence-electron chi connectivity index (χ0n) is 21.6. The van der Waals surface area contributed by atoms with Crippen LogP contribution in [0.15, 0.2) is 42.6 Å². The van der Waals surface area contributed by atoms with E-state index in [1.54, 1.807) is 31.2 Å². The standard InChI is InChI=1S/C28H31F5N4O2/c1-2-3-20-16-24-25(34-17-20)37(26(35-24)27(29,30)28(31,32)33)21-4-6-22(7-5-21)39-23-8-12-36(13-9-23)18-19-10-14-38-15-11-19/h2-7,16-17,19,23H,8-15,18H2,1H3/b3-2+. The van der Waals surface area contributed by atoms with E-state index in [9.17, 15) is 22.0 Å². The van der Waals surface area contributed by atoms with Gasteiger partial charge in [-0.2, -0.15) is 22.0 Å². The summed E-state index contributed by atoms with van der Waals surface area (Å²) in [6.07, 6.45) is 2.87. The molecule has 4 heterocycles. The van der Waals surface area contributed by atoms with E-state index in [0.29, 0.717) is 17.2 Å². The van der Waals surface area contributed by atoms with Gasteiger partial charge in [-0.15, -0.1) is 0 Å². The number of pyridine rings is 1. The largest absolute Gasteiger partial charge is 0.490 e. The van der Waals surface area contributed by atoms with E-state index >= 15 is 0 Å². The van der Waals surface area contributed by atoms with Crippen molar-refractivity contribution < 1.29 is 31.4 Å². The molecule has 2 aliphatic rings. The van der Waals surface area contributed by atoms with Gasteiger partial charge in [0, 0.05) is 44.7 Å². The van der Waals surface area contributed by atoms with Crippen molar-refractivity contribution >= 4 is 17.2 Å². The lowest BCUT2D eigenvalue weighted by molar-refractivity contribution is -0.292. The zero-order chi connectivity index (χ0) is 27.6. The smallest absolute Gasteiger partial charge is 0.461 e. The molecule has 0 unspecified atom stereocenters. The number of hydrogen-bond acceptors (Lipinski definition) is 5. The molecule has 2 saturated heterocycles. The van der Waals surface area contributed by atoms with Gasteiger partial charge in [0.05, 0.1) is 0 Å². The van der Waals surface area contributed by atoms with Crippen LogP contribution in [0.3, 0.4) is 0 Å². The molecular formula is C28H31F5N4O2. The Hall–Kier alpha value is -3.05. The summed E-state index contributed by atoms with van der Waals surface area (Å²) < 4.78 is 81.6. The number of rotatable bonds is 7. The maximum absolute atomic E-state index is 14.6. The third-order valence-electron chi connectivity index (χ3n) is 7.30. The Labute approximate surface area is 223 Å². The van der Waals surface area contributed by atoms with Crippen LogP contribution < -0.4 is 4.74 Å². The second-order valence-electron chi connectivity index (χ2n) is 10.1. The van der Waals surface area contributed by atoms with Crippen molar-refractivity contribution in [3.8, 4) is 11.4 Å². The molecule has 0 spiro atoms. The van der Waals surface area contributed by atoms with E-state index in [0.717, 1.165) is 63.1 Å². The first-order valence-corrected chi connectivity index (χ1v) is 13.2. The molecule has 11 heteroatoms. The summed E-state index contributed by atoms with van der Waals surface area (Å²) in [5.41, 5.74) is 0.477. The Morgan fingerprint density at radius 3 is 2.36 bits per heavy atom. The first kappa shape index (κ1) is 27.5. The summed E-state index contributed by atoms with van der Waals surface area (Å²) in [4.78, 5) is 10.3. The fraction of sp³-hybridized carbons (Fsp3) is 0.500. The minimum atomic E-state index is -5.82. The minimum Gasteiger partial charge on any atom is -0.490 e. The topological polar surface area (TPSA) is 52.4 Å². The third-order valence-corrected chi connectivity index (χ3v) is 7.30. The van der Waals surface area contributed by atoms with E-state index in [2.05, 4.69) is 14.9 Å². The molecule has 39 heavy (non-hydrogen) atoms. The first-order valence-electron chi connectivity index (χ1n) is 13.2. The SMILES string of the molecule is C/C=C/c1cnc2c(c1)nc(C(F)(F)C(F)(F)F)n2-c1ccc(OC2CCN(CC3CCOCC3)CC2)cc1. The first-order chi connectivity index (χ1) is 18.7. The Kier molecular flexibility index (Phi) is 7.91. The molecule has 2 fully saturated rings. The predicted octanol–water partition coefficient (Wildman–Crippen LogP) is 6.38. The fourth-order valence-corrected chi connectivity index (χ4v) is 5.22. The highest BCUT2D eigenvalue weighted by atomic mass is 19.4. The molecule has 0 atom stereocenters. The molecule has 0 amide bonds. The van der Waals surface area contributed by atoms with Crippen molar-refractivity contribution in [3.63, 3.8) is 0 Å². The van der Waals surface area contributed by atoms with Crippen molar-refractivity contribution in [2.24, 2.45) is 5.92 Å². The van der Waals surface area contributed by atoms with Crippen molar-refractivity contribution in [2.75, 3.05) is 32.8 Å². The average Bonchev–Trinajstić information content (AvgIpc) is 3.30. The van der Waals surface area contributed by atoms with Gasteiger partial charge in [-0.05, 0) is 74.4 Å². The Balaban J connectivity index is 1.33. The Morgan fingerprint density at radius 2 is 1.72 bits per heavy atom. The predicted molar refractivity (Wildman–Crippen MR) is 137 cm³/mol. The summed E-state index contributed by atoms with van der Waals surface area (Å²) in [5, 5.41) is 0. The van der Waals surface area contributed by atoms with E-state index < -0.39 is 17.9 Å². The molecule has 2 aliphatic heterocycles. The van der Waals surface area contributed by atoms with Crippen LogP contribution in [0.1, 0.15) is 44.0 Å². The van der Waals surface area contributed by atoms with E-state index in [-0.39, 0.29) is 23.0 Å². The lowest BCUT2D eigenvalue weighted by Crippen LogP contribution is -2.41. The van der Waals surface area contributed by atoms with Crippen LogP contribution in [0.25, 0.3) is 22.9 Å². The minimum absolute atomic E-state index is 0.00713. The van der Waals surface area contributed by atoms with Gasteiger partial charge in [0.15, 0.2) is 11.5 Å². The summed E-state index contributed by atoms with van der Waals surface area (Å²) in [5.74, 6) is -5.41. The highest BCUT2D eigenvalue weighted by Crippen LogP contribution is 2.45. The van der Waals surface area contributed by atoms with Crippen molar-refractivity contribution in [1.82, 2.24) is 19.4 Å². The highest BCUT2D eigenvalue weighted by molar-refractivity contribution is 5.77. The van der Waals surface area contributed by atoms with Gasteiger partial charge in [0.2, 0.25) is 0 Å². The molecule has 0 radical (unpaired) electrons. The van der Waals surface area contributed by atoms with Gasteiger partial charge >= 0.3 is 12.1 Å². The van der Waals surface area contributed by atoms with Crippen LogP contribution in [0.4, 0.5) is 22.0 Å². The molecule has 0 bridgehead atoms. The number of likely N-dealkylation sites (tertiary alicyclic amines) is 1. The Morgan fingerprint density at radius 1 is 1.03 bits per heavy atom. The van der Waals surface area contributed by atoms with E-state index in [4.69, 9.17) is 9.47 Å². The quantitative estimate of drug-likeness (QED) is 0.320. The van der Waals surface area contributed by atoms with Crippen LogP contribution in [-0.2, 0) is 10.7 Å². The summed E-state index contributed by atoms with van der Waals surface area (Å²) >= 11 is 0. The van der Waals surface area contributed by atoms with Gasteiger partial charge in [-0.25, -0.2) is 9.97 Å². The lowest BCUT2D eigenvalue weighted by Gasteiger charge is -2.35. The zero-order valence-corrected chi connectivity index (χ0v) is 21.6. The molecule has 210 valence electrons. The number of aromatic nitrogens is 3. The van der Waals surface area contributed by atoms with E-state index in [1.165, 1.54) is 24.4 Å². The number of benzene rings is 1. The van der Waals surface area contributed by atoms with Crippen LogP contribution in [-0.4, -0.2) is 64.6 Å². The lowest BCUT2D eigenvalue weighted by atomic mass is 9.98. The van der Waals surface area contributed by atoms with Gasteiger partial charge in [-0.3, -0.25) is 4.57 Å². The average molecular weight is 551 g/mol. The highest BCUT2D eigenvalue weighted by Gasteiger charge is 2.62. The number of alkyl halides is 5. The molecule has 1 aromatic carbocycles. The molecule has 0 N–H and O–H groups in total. The van der Waals surface area contributed by atoms with E-state index in [1.807, 2.05) is 0 Å². The van der Waals surface area contributed by atoms with Gasteiger partial charge < -0.3 is 14.4 Å². The summed E-state index contributed by atoms with van der Waals surface area (Å²) in [6, 6.07) is 7.50. The maximum atomic E-state index is 14.6. The number of ether oxygens (including phenoxy) is 2. The van der Waals surface area contributed by atoms with Crippen molar-refractivity contribution in [3.05, 3.63) is 54.0 Å². The van der Waals surface area contributed by atoms with Crippen LogP contribution >= 0.6 is 0 Å². The number of piperidine rings is 1.